The van der Waals surface area contributed by atoms with Crippen LogP contribution in [0.5, 0.6) is 0 Å². The summed E-state index contributed by atoms with van der Waals surface area (Å²) in [4.78, 5) is 11.5. The summed E-state index contributed by atoms with van der Waals surface area (Å²) in [5.41, 5.74) is -0.185. The van der Waals surface area contributed by atoms with Gasteiger partial charge in [-0.2, -0.15) is 0 Å². The Hall–Kier alpha value is -0.990. The SMILES string of the molecule is COC1=CC(=O)O[C@@]23CCCC[C@@H]2C[C@@H]13. The third-order valence-corrected chi connectivity index (χ3v) is 4.30. The zero-order valence-corrected chi connectivity index (χ0v) is 8.99. The Balaban J connectivity index is 1.94. The fraction of sp³-hybridized carbons (Fsp3) is 0.750. The summed E-state index contributed by atoms with van der Waals surface area (Å²) >= 11 is 0. The number of carbonyl (C=O) groups is 1. The molecule has 3 atom stereocenters. The van der Waals surface area contributed by atoms with Crippen LogP contribution in [0.15, 0.2) is 11.8 Å². The summed E-state index contributed by atoms with van der Waals surface area (Å²) < 4.78 is 10.9. The van der Waals surface area contributed by atoms with Crippen LogP contribution in [-0.4, -0.2) is 18.7 Å². The van der Waals surface area contributed by atoms with E-state index >= 15 is 0 Å². The standard InChI is InChI=1S/C12H16O3/c1-14-10-7-11(13)15-12-5-3-2-4-8(12)6-9(10)12/h7-9H,2-6H2,1H3/t8-,9+,12+/m1/s1. The maximum Gasteiger partial charge on any atom is 0.334 e. The van der Waals surface area contributed by atoms with E-state index in [1.165, 1.54) is 25.3 Å². The molecule has 1 heterocycles. The molecule has 3 nitrogen and oxygen atoms in total. The predicted octanol–water partition coefficient (Wildman–Crippen LogP) is 2.02. The molecule has 0 aromatic heterocycles. The van der Waals surface area contributed by atoms with Crippen LogP contribution in [0.3, 0.4) is 0 Å². The first kappa shape index (κ1) is 9.25. The van der Waals surface area contributed by atoms with Crippen molar-refractivity contribution < 1.29 is 14.3 Å². The minimum atomic E-state index is -0.213. The van der Waals surface area contributed by atoms with Crippen LogP contribution < -0.4 is 0 Å². The minimum Gasteiger partial charge on any atom is -0.500 e. The molecule has 2 fully saturated rings. The molecule has 0 aromatic rings. The topological polar surface area (TPSA) is 35.5 Å². The van der Waals surface area contributed by atoms with E-state index in [-0.39, 0.29) is 11.6 Å². The van der Waals surface area contributed by atoms with E-state index in [9.17, 15) is 4.79 Å². The molecule has 2 aliphatic carbocycles. The first-order valence-electron chi connectivity index (χ1n) is 5.75. The van der Waals surface area contributed by atoms with Crippen LogP contribution in [0.2, 0.25) is 0 Å². The van der Waals surface area contributed by atoms with Crippen molar-refractivity contribution in [2.75, 3.05) is 7.11 Å². The molecule has 0 saturated heterocycles. The molecule has 3 rings (SSSR count). The summed E-state index contributed by atoms with van der Waals surface area (Å²) in [5.74, 6) is 1.55. The molecule has 1 aliphatic heterocycles. The molecule has 3 aliphatic rings. The van der Waals surface area contributed by atoms with Crippen LogP contribution >= 0.6 is 0 Å². The lowest BCUT2D eigenvalue weighted by atomic mass is 9.53. The Kier molecular flexibility index (Phi) is 1.85. The van der Waals surface area contributed by atoms with Crippen molar-refractivity contribution in [3.8, 4) is 0 Å². The van der Waals surface area contributed by atoms with Gasteiger partial charge in [-0.1, -0.05) is 6.42 Å². The molecule has 0 bridgehead atoms. The van der Waals surface area contributed by atoms with Gasteiger partial charge in [0.05, 0.1) is 19.1 Å². The van der Waals surface area contributed by atoms with Crippen LogP contribution in [-0.2, 0) is 14.3 Å². The second kappa shape index (κ2) is 3.00. The van der Waals surface area contributed by atoms with Gasteiger partial charge >= 0.3 is 5.97 Å². The summed E-state index contributed by atoms with van der Waals surface area (Å²) in [6.45, 7) is 0. The van der Waals surface area contributed by atoms with E-state index in [0.717, 1.165) is 18.6 Å². The molecule has 15 heavy (non-hydrogen) atoms. The molecule has 1 spiro atoms. The van der Waals surface area contributed by atoms with E-state index in [2.05, 4.69) is 0 Å². The molecule has 2 saturated carbocycles. The average Bonchev–Trinajstić information content (AvgIpc) is 2.19. The Bertz CT molecular complexity index is 334. The Morgan fingerprint density at radius 2 is 2.40 bits per heavy atom. The highest BCUT2D eigenvalue weighted by molar-refractivity contribution is 5.84. The third kappa shape index (κ3) is 1.09. The lowest BCUT2D eigenvalue weighted by molar-refractivity contribution is -0.214. The lowest BCUT2D eigenvalue weighted by Gasteiger charge is -2.58. The molecule has 3 heteroatoms. The van der Waals surface area contributed by atoms with E-state index in [1.54, 1.807) is 7.11 Å². The highest BCUT2D eigenvalue weighted by Crippen LogP contribution is 2.59. The monoisotopic (exact) mass is 208 g/mol. The van der Waals surface area contributed by atoms with Gasteiger partial charge in [-0.05, 0) is 25.7 Å². The van der Waals surface area contributed by atoms with Crippen LogP contribution in [0.25, 0.3) is 0 Å². The number of ether oxygens (including phenoxy) is 2. The largest absolute Gasteiger partial charge is 0.500 e. The second-order valence-corrected chi connectivity index (χ2v) is 4.86. The molecular formula is C12H16O3. The minimum absolute atomic E-state index is 0.185. The number of carbonyl (C=O) groups excluding carboxylic acids is 1. The Morgan fingerprint density at radius 1 is 1.53 bits per heavy atom. The van der Waals surface area contributed by atoms with E-state index in [0.29, 0.717) is 11.8 Å². The van der Waals surface area contributed by atoms with Crippen molar-refractivity contribution in [3.05, 3.63) is 11.8 Å². The lowest BCUT2D eigenvalue weighted by Crippen LogP contribution is -2.62. The zero-order chi connectivity index (χ0) is 10.5. The van der Waals surface area contributed by atoms with Gasteiger partial charge in [-0.3, -0.25) is 0 Å². The second-order valence-electron chi connectivity index (χ2n) is 4.86. The molecule has 0 amide bonds. The van der Waals surface area contributed by atoms with Crippen molar-refractivity contribution in [2.24, 2.45) is 11.8 Å². The first-order valence-corrected chi connectivity index (χ1v) is 5.75. The Morgan fingerprint density at radius 3 is 3.13 bits per heavy atom. The number of methoxy groups -OCH3 is 1. The smallest absolute Gasteiger partial charge is 0.334 e. The summed E-state index contributed by atoms with van der Waals surface area (Å²) in [6.07, 6.45) is 7.34. The van der Waals surface area contributed by atoms with Crippen LogP contribution in [0.4, 0.5) is 0 Å². The summed E-state index contributed by atoms with van der Waals surface area (Å²) in [7, 11) is 1.65. The van der Waals surface area contributed by atoms with Crippen molar-refractivity contribution in [1.82, 2.24) is 0 Å². The van der Waals surface area contributed by atoms with Gasteiger partial charge in [0.1, 0.15) is 11.4 Å². The molecular weight excluding hydrogens is 192 g/mol. The third-order valence-electron chi connectivity index (χ3n) is 4.30. The van der Waals surface area contributed by atoms with Crippen LogP contribution in [0.1, 0.15) is 32.1 Å². The zero-order valence-electron chi connectivity index (χ0n) is 8.99. The molecule has 0 unspecified atom stereocenters. The maximum absolute atomic E-state index is 11.5. The molecule has 82 valence electrons. The number of rotatable bonds is 1. The number of hydrogen-bond donors (Lipinski definition) is 0. The van der Waals surface area contributed by atoms with Crippen molar-refractivity contribution in [2.45, 2.75) is 37.7 Å². The van der Waals surface area contributed by atoms with Gasteiger partial charge in [-0.25, -0.2) is 4.79 Å². The summed E-state index contributed by atoms with van der Waals surface area (Å²) in [5, 5.41) is 0. The van der Waals surface area contributed by atoms with E-state index in [1.807, 2.05) is 0 Å². The average molecular weight is 208 g/mol. The molecule has 0 N–H and O–H groups in total. The molecule has 0 radical (unpaired) electrons. The van der Waals surface area contributed by atoms with Gasteiger partial charge in [0, 0.05) is 5.92 Å². The first-order chi connectivity index (χ1) is 7.26. The predicted molar refractivity (Wildman–Crippen MR) is 54.0 cm³/mol. The van der Waals surface area contributed by atoms with Gasteiger partial charge in [0.25, 0.3) is 0 Å². The maximum atomic E-state index is 11.5. The van der Waals surface area contributed by atoms with Gasteiger partial charge in [0.15, 0.2) is 0 Å². The summed E-state index contributed by atoms with van der Waals surface area (Å²) in [6, 6.07) is 0. The fourth-order valence-electron chi connectivity index (χ4n) is 3.54. The van der Waals surface area contributed by atoms with E-state index in [4.69, 9.17) is 9.47 Å². The normalized spacial score (nSPS) is 43.0. The van der Waals surface area contributed by atoms with Crippen molar-refractivity contribution in [3.63, 3.8) is 0 Å². The van der Waals surface area contributed by atoms with Gasteiger partial charge < -0.3 is 9.47 Å². The highest BCUT2D eigenvalue weighted by atomic mass is 16.6. The Labute approximate surface area is 89.4 Å². The van der Waals surface area contributed by atoms with Crippen molar-refractivity contribution in [1.29, 1.82) is 0 Å². The van der Waals surface area contributed by atoms with Gasteiger partial charge in [0.2, 0.25) is 0 Å². The highest BCUT2D eigenvalue weighted by Gasteiger charge is 2.61. The number of esters is 1. The quantitative estimate of drug-likeness (QED) is 0.618. The fourth-order valence-corrected chi connectivity index (χ4v) is 3.54. The van der Waals surface area contributed by atoms with Crippen LogP contribution in [0, 0.1) is 11.8 Å². The molecule has 0 aromatic carbocycles. The van der Waals surface area contributed by atoms with Crippen molar-refractivity contribution >= 4 is 5.97 Å². The number of hydrogen-bond acceptors (Lipinski definition) is 3. The van der Waals surface area contributed by atoms with Gasteiger partial charge in [-0.15, -0.1) is 0 Å². The van der Waals surface area contributed by atoms with E-state index < -0.39 is 0 Å².